The number of benzene rings is 1. The van der Waals surface area contributed by atoms with Gasteiger partial charge >= 0.3 is 5.97 Å². The highest BCUT2D eigenvalue weighted by molar-refractivity contribution is 6.30. The summed E-state index contributed by atoms with van der Waals surface area (Å²) in [5, 5.41) is 14.8. The molecule has 0 bridgehead atoms. The molecule has 7 heteroatoms. The number of halogens is 1. The number of nitrogens with zero attached hydrogens (tertiary/aromatic N) is 4. The number of piperidine rings is 1. The molecular formula is C19H19ClN4O2. The number of carboxylic acids is 1. The number of anilines is 1. The molecule has 3 heterocycles. The number of aromatic nitrogens is 3. The molecule has 2 aromatic heterocycles. The fourth-order valence-corrected chi connectivity index (χ4v) is 3.58. The third kappa shape index (κ3) is 3.12. The van der Waals surface area contributed by atoms with Gasteiger partial charge < -0.3 is 10.0 Å². The first-order valence-corrected chi connectivity index (χ1v) is 9.00. The van der Waals surface area contributed by atoms with Crippen LogP contribution in [-0.4, -0.2) is 38.8 Å². The molecule has 1 fully saturated rings. The number of aryl methyl sites for hydroxylation is 1. The van der Waals surface area contributed by atoms with Gasteiger partial charge in [0.1, 0.15) is 5.82 Å². The van der Waals surface area contributed by atoms with Gasteiger partial charge in [0.25, 0.3) is 0 Å². The first kappa shape index (κ1) is 16.8. The van der Waals surface area contributed by atoms with Gasteiger partial charge in [0, 0.05) is 41.5 Å². The number of hydrogen-bond donors (Lipinski definition) is 1. The molecule has 1 aliphatic heterocycles. The maximum atomic E-state index is 11.4. The Morgan fingerprint density at radius 2 is 2.04 bits per heavy atom. The Kier molecular flexibility index (Phi) is 4.28. The van der Waals surface area contributed by atoms with E-state index in [9.17, 15) is 9.90 Å². The Morgan fingerprint density at radius 1 is 1.27 bits per heavy atom. The fraction of sp³-hybridized carbons (Fsp3) is 0.316. The summed E-state index contributed by atoms with van der Waals surface area (Å²) in [7, 11) is 0. The largest absolute Gasteiger partial charge is 0.481 e. The van der Waals surface area contributed by atoms with Crippen molar-refractivity contribution in [2.24, 2.45) is 5.92 Å². The van der Waals surface area contributed by atoms with Gasteiger partial charge in [-0.3, -0.25) is 4.79 Å². The van der Waals surface area contributed by atoms with Gasteiger partial charge in [-0.1, -0.05) is 23.7 Å². The molecule has 26 heavy (non-hydrogen) atoms. The standard InChI is InChI=1S/C19H19ClN4O2/c1-12-9-18(23-8-2-3-14(11-23)19(25)26)24-17(21-12)10-16(22-24)13-4-6-15(20)7-5-13/h4-7,9-10,14H,2-3,8,11H2,1H3,(H,25,26). The average molecular weight is 371 g/mol. The van der Waals surface area contributed by atoms with Gasteiger partial charge in [-0.15, -0.1) is 0 Å². The minimum atomic E-state index is -0.737. The van der Waals surface area contributed by atoms with E-state index in [1.165, 1.54) is 0 Å². The zero-order valence-electron chi connectivity index (χ0n) is 14.4. The molecule has 0 saturated carbocycles. The highest BCUT2D eigenvalue weighted by atomic mass is 35.5. The van der Waals surface area contributed by atoms with Crippen LogP contribution in [0.25, 0.3) is 16.9 Å². The van der Waals surface area contributed by atoms with Crippen molar-refractivity contribution in [1.29, 1.82) is 0 Å². The monoisotopic (exact) mass is 370 g/mol. The quantitative estimate of drug-likeness (QED) is 0.761. The molecule has 1 unspecified atom stereocenters. The number of carbonyl (C=O) groups is 1. The molecule has 134 valence electrons. The van der Waals surface area contributed by atoms with Crippen LogP contribution in [0.15, 0.2) is 36.4 Å². The minimum Gasteiger partial charge on any atom is -0.481 e. The van der Waals surface area contributed by atoms with E-state index in [4.69, 9.17) is 16.7 Å². The highest BCUT2D eigenvalue weighted by Gasteiger charge is 2.27. The third-order valence-electron chi connectivity index (χ3n) is 4.77. The summed E-state index contributed by atoms with van der Waals surface area (Å²) in [5.41, 5.74) is 3.41. The maximum absolute atomic E-state index is 11.4. The topological polar surface area (TPSA) is 70.7 Å². The molecule has 4 rings (SSSR count). The predicted molar refractivity (Wildman–Crippen MR) is 101 cm³/mol. The molecule has 1 aromatic carbocycles. The van der Waals surface area contributed by atoms with Crippen molar-refractivity contribution >= 4 is 29.0 Å². The Bertz CT molecular complexity index is 968. The molecule has 3 aromatic rings. The van der Waals surface area contributed by atoms with Crippen LogP contribution in [-0.2, 0) is 4.79 Å². The Labute approximate surface area is 156 Å². The fourth-order valence-electron chi connectivity index (χ4n) is 3.45. The second-order valence-electron chi connectivity index (χ2n) is 6.69. The first-order chi connectivity index (χ1) is 12.5. The summed E-state index contributed by atoms with van der Waals surface area (Å²) in [5.74, 6) is -0.198. The molecule has 1 saturated heterocycles. The van der Waals surface area contributed by atoms with E-state index in [-0.39, 0.29) is 5.92 Å². The SMILES string of the molecule is Cc1cc(N2CCCC(C(=O)O)C2)n2nc(-c3ccc(Cl)cc3)cc2n1. The van der Waals surface area contributed by atoms with Crippen molar-refractivity contribution in [2.45, 2.75) is 19.8 Å². The van der Waals surface area contributed by atoms with Crippen LogP contribution in [0.3, 0.4) is 0 Å². The van der Waals surface area contributed by atoms with Crippen LogP contribution in [0.4, 0.5) is 5.82 Å². The maximum Gasteiger partial charge on any atom is 0.308 e. The summed E-state index contributed by atoms with van der Waals surface area (Å²) in [6.07, 6.45) is 1.57. The van der Waals surface area contributed by atoms with Gasteiger partial charge in [-0.25, -0.2) is 4.98 Å². The van der Waals surface area contributed by atoms with Crippen LogP contribution >= 0.6 is 11.6 Å². The molecular weight excluding hydrogens is 352 g/mol. The second kappa shape index (κ2) is 6.61. The molecule has 1 atom stereocenters. The lowest BCUT2D eigenvalue weighted by Crippen LogP contribution is -2.39. The number of carboxylic acid groups (broad SMARTS) is 1. The molecule has 6 nitrogen and oxygen atoms in total. The number of hydrogen-bond acceptors (Lipinski definition) is 4. The summed E-state index contributed by atoms with van der Waals surface area (Å²) < 4.78 is 1.81. The van der Waals surface area contributed by atoms with E-state index in [2.05, 4.69) is 9.88 Å². The molecule has 1 N–H and O–H groups in total. The third-order valence-corrected chi connectivity index (χ3v) is 5.02. The molecule has 1 aliphatic rings. The van der Waals surface area contributed by atoms with Gasteiger partial charge in [-0.2, -0.15) is 9.61 Å². The molecule has 0 spiro atoms. The van der Waals surface area contributed by atoms with Crippen molar-refractivity contribution < 1.29 is 9.90 Å². The number of aliphatic carboxylic acids is 1. The summed E-state index contributed by atoms with van der Waals surface area (Å²) in [6, 6.07) is 11.4. The van der Waals surface area contributed by atoms with E-state index < -0.39 is 5.97 Å². The van der Waals surface area contributed by atoms with E-state index in [0.29, 0.717) is 18.0 Å². The highest BCUT2D eigenvalue weighted by Crippen LogP contribution is 2.27. The van der Waals surface area contributed by atoms with Crippen LogP contribution in [0.5, 0.6) is 0 Å². The zero-order chi connectivity index (χ0) is 18.3. The molecule has 0 radical (unpaired) electrons. The first-order valence-electron chi connectivity index (χ1n) is 8.62. The summed E-state index contributed by atoms with van der Waals surface area (Å²) in [6.45, 7) is 3.25. The van der Waals surface area contributed by atoms with Crippen molar-refractivity contribution in [3.63, 3.8) is 0 Å². The van der Waals surface area contributed by atoms with Gasteiger partial charge in [0.2, 0.25) is 0 Å². The minimum absolute atomic E-state index is 0.349. The summed E-state index contributed by atoms with van der Waals surface area (Å²) in [4.78, 5) is 18.1. The van der Waals surface area contributed by atoms with Crippen molar-refractivity contribution in [3.8, 4) is 11.3 Å². The normalized spacial score (nSPS) is 17.6. The lowest BCUT2D eigenvalue weighted by atomic mass is 9.98. The van der Waals surface area contributed by atoms with Crippen molar-refractivity contribution in [3.05, 3.63) is 47.1 Å². The van der Waals surface area contributed by atoms with E-state index in [1.807, 2.05) is 43.3 Å². The van der Waals surface area contributed by atoms with Gasteiger partial charge in [0.05, 0.1) is 11.6 Å². The summed E-state index contributed by atoms with van der Waals surface area (Å²) >= 11 is 5.97. The van der Waals surface area contributed by atoms with E-state index in [1.54, 1.807) is 4.52 Å². The second-order valence-corrected chi connectivity index (χ2v) is 7.12. The van der Waals surface area contributed by atoms with Gasteiger partial charge in [-0.05, 0) is 31.9 Å². The lowest BCUT2D eigenvalue weighted by molar-refractivity contribution is -0.141. The van der Waals surface area contributed by atoms with E-state index >= 15 is 0 Å². The van der Waals surface area contributed by atoms with Crippen LogP contribution in [0.2, 0.25) is 5.02 Å². The van der Waals surface area contributed by atoms with Crippen LogP contribution in [0.1, 0.15) is 18.5 Å². The van der Waals surface area contributed by atoms with E-state index in [0.717, 1.165) is 41.4 Å². The Hall–Kier alpha value is -2.60. The number of rotatable bonds is 3. The molecule has 0 amide bonds. The van der Waals surface area contributed by atoms with Crippen molar-refractivity contribution in [1.82, 2.24) is 14.6 Å². The Morgan fingerprint density at radius 3 is 2.77 bits per heavy atom. The lowest BCUT2D eigenvalue weighted by Gasteiger charge is -2.32. The predicted octanol–water partition coefficient (Wildman–Crippen LogP) is 3.66. The number of fused-ring (bicyclic) bond motifs is 1. The van der Waals surface area contributed by atoms with Crippen LogP contribution in [0, 0.1) is 12.8 Å². The zero-order valence-corrected chi connectivity index (χ0v) is 15.1. The van der Waals surface area contributed by atoms with Gasteiger partial charge in [0.15, 0.2) is 5.65 Å². The van der Waals surface area contributed by atoms with Crippen molar-refractivity contribution in [2.75, 3.05) is 18.0 Å². The molecule has 0 aliphatic carbocycles. The van der Waals surface area contributed by atoms with Crippen LogP contribution < -0.4 is 4.90 Å². The average Bonchev–Trinajstić information content (AvgIpc) is 3.05. The smallest absolute Gasteiger partial charge is 0.308 e. The Balaban J connectivity index is 1.77.